The van der Waals surface area contributed by atoms with Crippen LogP contribution in [-0.2, 0) is 0 Å². The van der Waals surface area contributed by atoms with Crippen LogP contribution in [0, 0.1) is 0 Å². The molecule has 0 aromatic heterocycles. The Balaban J connectivity index is 3.86. The molecule has 2 heteroatoms. The molecular formula is C7H10BrN. The van der Waals surface area contributed by atoms with Crippen molar-refractivity contribution in [3.8, 4) is 0 Å². The van der Waals surface area contributed by atoms with Crippen molar-refractivity contribution in [2.75, 3.05) is 7.05 Å². The third-order valence-corrected chi connectivity index (χ3v) is 1.34. The fraction of sp³-hybridized carbons (Fsp3) is 0.286. The Morgan fingerprint density at radius 3 is 2.44 bits per heavy atom. The molecule has 0 heterocycles. The first-order chi connectivity index (χ1) is 4.16. The molecule has 0 aliphatic rings. The minimum Gasteiger partial charge on any atom is -0.281 e. The summed E-state index contributed by atoms with van der Waals surface area (Å²) in [5, 5.41) is 0. The molecule has 0 fully saturated rings. The van der Waals surface area contributed by atoms with Crippen LogP contribution >= 0.6 is 15.9 Å². The number of allylic oxidation sites excluding steroid dienone is 3. The highest BCUT2D eigenvalue weighted by Gasteiger charge is 1.79. The van der Waals surface area contributed by atoms with E-state index in [0.29, 0.717) is 0 Å². The summed E-state index contributed by atoms with van der Waals surface area (Å²) < 4.78 is 0.838. The normalized spacial score (nSPS) is 12.6. The number of hydrogen-bond donors (Lipinski definition) is 0. The molecule has 0 aromatic carbocycles. The molecule has 0 unspecified atom stereocenters. The number of nitrogens with zero attached hydrogens (tertiary/aromatic N) is 1. The molecular weight excluding hydrogens is 178 g/mol. The molecule has 0 aliphatic carbocycles. The highest BCUT2D eigenvalue weighted by Crippen LogP contribution is 1.94. The highest BCUT2D eigenvalue weighted by molar-refractivity contribution is 9.18. The van der Waals surface area contributed by atoms with Crippen molar-refractivity contribution >= 4 is 20.6 Å². The number of hydrogen-bond acceptors (Lipinski definition) is 1. The summed E-state index contributed by atoms with van der Waals surface area (Å²) in [6, 6.07) is 0. The molecule has 50 valence electrons. The first-order valence-electron chi connectivity index (χ1n) is 2.62. The topological polar surface area (TPSA) is 12.4 Å². The van der Waals surface area contributed by atoms with Gasteiger partial charge in [0.15, 0.2) is 0 Å². The minimum absolute atomic E-state index is 0.838. The third kappa shape index (κ3) is 5.50. The Morgan fingerprint density at radius 2 is 2.11 bits per heavy atom. The predicted octanol–water partition coefficient (Wildman–Crippen LogP) is 2.54. The molecule has 9 heavy (non-hydrogen) atoms. The third-order valence-electron chi connectivity index (χ3n) is 0.719. The average molecular weight is 188 g/mol. The lowest BCUT2D eigenvalue weighted by molar-refractivity contribution is 1.47. The second-order valence-electron chi connectivity index (χ2n) is 1.73. The molecule has 1 nitrogen and oxygen atoms in total. The zero-order valence-electron chi connectivity index (χ0n) is 5.69. The number of halogens is 1. The molecule has 0 atom stereocenters. The summed E-state index contributed by atoms with van der Waals surface area (Å²) in [5.41, 5.74) is 1.02. The van der Waals surface area contributed by atoms with E-state index in [9.17, 15) is 0 Å². The maximum Gasteiger partial charge on any atom is 0.0997 e. The monoisotopic (exact) mass is 187 g/mol. The van der Waals surface area contributed by atoms with Gasteiger partial charge in [-0.15, -0.1) is 0 Å². The van der Waals surface area contributed by atoms with Crippen LogP contribution in [0.4, 0.5) is 0 Å². The largest absolute Gasteiger partial charge is 0.281 e. The van der Waals surface area contributed by atoms with E-state index in [-0.39, 0.29) is 0 Å². The zero-order valence-corrected chi connectivity index (χ0v) is 7.27. The van der Waals surface area contributed by atoms with Gasteiger partial charge in [-0.05, 0) is 28.9 Å². The maximum atomic E-state index is 3.87. The summed E-state index contributed by atoms with van der Waals surface area (Å²) in [4.78, 5) is 3.87. The van der Waals surface area contributed by atoms with Gasteiger partial charge in [0.2, 0.25) is 0 Å². The molecule has 0 N–H and O–H groups in total. The van der Waals surface area contributed by atoms with Crippen molar-refractivity contribution in [3.63, 3.8) is 0 Å². The lowest BCUT2D eigenvalue weighted by atomic mass is 10.3. The van der Waals surface area contributed by atoms with Gasteiger partial charge in [-0.25, -0.2) is 0 Å². The molecule has 0 saturated carbocycles. The van der Waals surface area contributed by atoms with Gasteiger partial charge < -0.3 is 0 Å². The summed E-state index contributed by atoms with van der Waals surface area (Å²) in [7, 11) is 1.73. The fourth-order valence-corrected chi connectivity index (χ4v) is 0.418. The van der Waals surface area contributed by atoms with E-state index < -0.39 is 0 Å². The molecule has 0 aromatic rings. The molecule has 0 aliphatic heterocycles. The zero-order chi connectivity index (χ0) is 7.28. The molecule has 0 amide bonds. The SMILES string of the molecule is C=C(C)/C=C\C(Br)=NC. The smallest absolute Gasteiger partial charge is 0.0997 e. The van der Waals surface area contributed by atoms with E-state index in [1.54, 1.807) is 7.05 Å². The van der Waals surface area contributed by atoms with Crippen LogP contribution in [-0.4, -0.2) is 11.7 Å². The van der Waals surface area contributed by atoms with Gasteiger partial charge in [-0.3, -0.25) is 4.99 Å². The molecule has 0 saturated heterocycles. The molecule has 0 radical (unpaired) electrons. The minimum atomic E-state index is 0.838. The van der Waals surface area contributed by atoms with Gasteiger partial charge in [-0.2, -0.15) is 0 Å². The van der Waals surface area contributed by atoms with Gasteiger partial charge in [0.1, 0.15) is 0 Å². The number of rotatable bonds is 2. The Bertz CT molecular complexity index is 156. The van der Waals surface area contributed by atoms with Crippen LogP contribution in [0.15, 0.2) is 29.3 Å². The highest BCUT2D eigenvalue weighted by atomic mass is 79.9. The lowest BCUT2D eigenvalue weighted by Crippen LogP contribution is -1.75. The van der Waals surface area contributed by atoms with Crippen LogP contribution in [0.25, 0.3) is 0 Å². The second kappa shape index (κ2) is 4.50. The fourth-order valence-electron chi connectivity index (χ4n) is 0.286. The van der Waals surface area contributed by atoms with Gasteiger partial charge in [0.25, 0.3) is 0 Å². The first-order valence-corrected chi connectivity index (χ1v) is 3.42. The molecule has 0 rings (SSSR count). The molecule has 0 spiro atoms. The standard InChI is InChI=1S/C7H10BrN/c1-6(2)4-5-7(8)9-3/h4-5H,1H2,2-3H3/b5-4-,9-7?. The summed E-state index contributed by atoms with van der Waals surface area (Å²) in [6.45, 7) is 5.64. The van der Waals surface area contributed by atoms with Crippen molar-refractivity contribution in [2.45, 2.75) is 6.92 Å². The van der Waals surface area contributed by atoms with Crippen LogP contribution in [0.5, 0.6) is 0 Å². The summed E-state index contributed by atoms with van der Waals surface area (Å²) >= 11 is 3.23. The van der Waals surface area contributed by atoms with E-state index in [0.717, 1.165) is 10.2 Å². The second-order valence-corrected chi connectivity index (χ2v) is 2.54. The van der Waals surface area contributed by atoms with Crippen molar-refractivity contribution in [2.24, 2.45) is 4.99 Å². The van der Waals surface area contributed by atoms with Gasteiger partial charge >= 0.3 is 0 Å². The van der Waals surface area contributed by atoms with Crippen molar-refractivity contribution in [1.29, 1.82) is 0 Å². The summed E-state index contributed by atoms with van der Waals surface area (Å²) in [6.07, 6.45) is 3.76. The van der Waals surface area contributed by atoms with Crippen molar-refractivity contribution < 1.29 is 0 Å². The number of aliphatic imine (C=N–C) groups is 1. The van der Waals surface area contributed by atoms with Crippen molar-refractivity contribution in [1.82, 2.24) is 0 Å². The molecule has 0 bridgehead atoms. The van der Waals surface area contributed by atoms with E-state index in [2.05, 4.69) is 27.5 Å². The average Bonchev–Trinajstić information content (AvgIpc) is 1.83. The van der Waals surface area contributed by atoms with Crippen LogP contribution < -0.4 is 0 Å². The van der Waals surface area contributed by atoms with Gasteiger partial charge in [-0.1, -0.05) is 18.2 Å². The Hall–Kier alpha value is -0.370. The van der Waals surface area contributed by atoms with Crippen LogP contribution in [0.2, 0.25) is 0 Å². The van der Waals surface area contributed by atoms with Crippen LogP contribution in [0.3, 0.4) is 0 Å². The first kappa shape index (κ1) is 8.63. The Morgan fingerprint density at radius 1 is 1.56 bits per heavy atom. The van der Waals surface area contributed by atoms with E-state index in [4.69, 9.17) is 0 Å². The Kier molecular flexibility index (Phi) is 4.32. The van der Waals surface area contributed by atoms with E-state index >= 15 is 0 Å². The summed E-state index contributed by atoms with van der Waals surface area (Å²) in [5.74, 6) is 0. The van der Waals surface area contributed by atoms with E-state index in [1.807, 2.05) is 19.1 Å². The van der Waals surface area contributed by atoms with Crippen molar-refractivity contribution in [3.05, 3.63) is 24.3 Å². The maximum absolute atomic E-state index is 3.87. The lowest BCUT2D eigenvalue weighted by Gasteiger charge is -1.84. The Labute approximate surface area is 64.3 Å². The predicted molar refractivity (Wildman–Crippen MR) is 46.2 cm³/mol. The van der Waals surface area contributed by atoms with E-state index in [1.165, 1.54) is 0 Å². The quantitative estimate of drug-likeness (QED) is 0.466. The van der Waals surface area contributed by atoms with Gasteiger partial charge in [0, 0.05) is 7.05 Å². The van der Waals surface area contributed by atoms with Gasteiger partial charge in [0.05, 0.1) is 4.62 Å². The van der Waals surface area contributed by atoms with Crippen LogP contribution in [0.1, 0.15) is 6.92 Å².